The minimum absolute atomic E-state index is 0.0208. The van der Waals surface area contributed by atoms with E-state index in [1.165, 1.54) is 12.1 Å². The first kappa shape index (κ1) is 22.1. The number of ether oxygens (including phenoxy) is 1. The van der Waals surface area contributed by atoms with Gasteiger partial charge in [0.25, 0.3) is 5.69 Å². The number of rotatable bonds is 9. The summed E-state index contributed by atoms with van der Waals surface area (Å²) < 4.78 is 5.09. The van der Waals surface area contributed by atoms with Crippen LogP contribution in [0.1, 0.15) is 15.2 Å². The van der Waals surface area contributed by atoms with Gasteiger partial charge in [-0.3, -0.25) is 10.1 Å². The van der Waals surface area contributed by atoms with Crippen LogP contribution in [0.5, 0.6) is 5.75 Å². The largest absolute Gasteiger partial charge is 0.479 e. The van der Waals surface area contributed by atoms with Crippen molar-refractivity contribution in [3.8, 4) is 16.2 Å². The summed E-state index contributed by atoms with van der Waals surface area (Å²) in [6, 6.07) is 13.2. The Morgan fingerprint density at radius 1 is 1.16 bits per heavy atom. The fourth-order valence-electron chi connectivity index (χ4n) is 2.74. The van der Waals surface area contributed by atoms with Gasteiger partial charge in [-0.15, -0.1) is 11.3 Å². The van der Waals surface area contributed by atoms with E-state index in [9.17, 15) is 24.8 Å². The fourth-order valence-corrected chi connectivity index (χ4v) is 4.14. The fraction of sp³-hybridized carbons (Fsp3) is 0.100. The Bertz CT molecular complexity index is 1160. The van der Waals surface area contributed by atoms with Gasteiger partial charge in [0.15, 0.2) is 17.2 Å². The number of nitro benzene ring substituents is 1. The maximum atomic E-state index is 11.5. The molecule has 31 heavy (non-hydrogen) atoms. The molecule has 2 aromatic carbocycles. The van der Waals surface area contributed by atoms with Crippen molar-refractivity contribution in [3.63, 3.8) is 0 Å². The summed E-state index contributed by atoms with van der Waals surface area (Å²) >= 11 is 7.20. The summed E-state index contributed by atoms with van der Waals surface area (Å²) in [5.74, 6) is -2.71. The average molecular weight is 463 g/mol. The molecule has 0 amide bonds. The predicted octanol–water partition coefficient (Wildman–Crippen LogP) is 4.75. The number of thiophene rings is 1. The van der Waals surface area contributed by atoms with Gasteiger partial charge in [0.1, 0.15) is 5.02 Å². The Labute approximate surface area is 184 Å². The Hall–Kier alpha value is -3.63. The van der Waals surface area contributed by atoms with E-state index in [4.69, 9.17) is 21.4 Å². The highest BCUT2D eigenvalue weighted by Crippen LogP contribution is 2.45. The molecular formula is C20H15ClN2O7S. The Kier molecular flexibility index (Phi) is 6.73. The number of nitro groups is 1. The molecule has 3 N–H and O–H groups in total. The molecule has 0 saturated carbocycles. The summed E-state index contributed by atoms with van der Waals surface area (Å²) in [6.07, 6.45) is 0. The average Bonchev–Trinajstić information content (AvgIpc) is 3.07. The molecule has 0 aliphatic heterocycles. The maximum absolute atomic E-state index is 11.5. The third-order valence-electron chi connectivity index (χ3n) is 4.09. The Balaban J connectivity index is 1.85. The van der Waals surface area contributed by atoms with E-state index in [-0.39, 0.29) is 21.3 Å². The zero-order valence-corrected chi connectivity index (χ0v) is 17.3. The molecule has 11 heteroatoms. The number of aliphatic carboxylic acids is 1. The normalized spacial score (nSPS) is 10.5. The van der Waals surface area contributed by atoms with E-state index in [2.05, 4.69) is 5.32 Å². The van der Waals surface area contributed by atoms with Crippen molar-refractivity contribution in [1.82, 2.24) is 0 Å². The number of carbonyl (C=O) groups is 2. The lowest BCUT2D eigenvalue weighted by Crippen LogP contribution is -2.10. The SMILES string of the molecule is O=C(O)COc1c(C(=O)O)sc(-c2cccc(CNc3cccc([N+](=O)[O-])c3)c2)c1Cl. The zero-order chi connectivity index (χ0) is 22.5. The summed E-state index contributed by atoms with van der Waals surface area (Å²) in [5, 5.41) is 32.2. The quantitative estimate of drug-likeness (QED) is 0.306. The highest BCUT2D eigenvalue weighted by molar-refractivity contribution is 7.18. The lowest BCUT2D eigenvalue weighted by molar-refractivity contribution is -0.384. The molecule has 3 aromatic rings. The third-order valence-corrected chi connectivity index (χ3v) is 5.77. The number of non-ortho nitro benzene ring substituents is 1. The number of nitrogens with one attached hydrogen (secondary N) is 1. The van der Waals surface area contributed by atoms with Crippen LogP contribution in [-0.4, -0.2) is 33.7 Å². The van der Waals surface area contributed by atoms with Crippen molar-refractivity contribution < 1.29 is 29.5 Å². The highest BCUT2D eigenvalue weighted by Gasteiger charge is 2.24. The van der Waals surface area contributed by atoms with Crippen molar-refractivity contribution in [2.24, 2.45) is 0 Å². The van der Waals surface area contributed by atoms with Gasteiger partial charge in [-0.05, 0) is 23.3 Å². The third kappa shape index (κ3) is 5.30. The second-order valence-electron chi connectivity index (χ2n) is 6.25. The number of nitrogens with zero attached hydrogens (tertiary/aromatic N) is 1. The topological polar surface area (TPSA) is 139 Å². The Morgan fingerprint density at radius 2 is 1.90 bits per heavy atom. The Morgan fingerprint density at radius 3 is 2.58 bits per heavy atom. The van der Waals surface area contributed by atoms with Gasteiger partial charge in [0.2, 0.25) is 0 Å². The summed E-state index contributed by atoms with van der Waals surface area (Å²) in [6.45, 7) is -0.366. The van der Waals surface area contributed by atoms with E-state index in [1.807, 2.05) is 6.07 Å². The lowest BCUT2D eigenvalue weighted by atomic mass is 10.1. The number of hydrogen-bond donors (Lipinski definition) is 3. The number of carboxylic acids is 2. The molecule has 0 aliphatic rings. The minimum atomic E-state index is -1.28. The summed E-state index contributed by atoms with van der Waals surface area (Å²) in [5.41, 5.74) is 1.99. The van der Waals surface area contributed by atoms with Crippen LogP contribution in [-0.2, 0) is 11.3 Å². The number of aromatic carboxylic acids is 1. The van der Waals surface area contributed by atoms with Crippen molar-refractivity contribution in [1.29, 1.82) is 0 Å². The lowest BCUT2D eigenvalue weighted by Gasteiger charge is -2.08. The number of anilines is 1. The van der Waals surface area contributed by atoms with Crippen LogP contribution in [0.15, 0.2) is 48.5 Å². The van der Waals surface area contributed by atoms with Crippen molar-refractivity contribution in [3.05, 3.63) is 74.1 Å². The van der Waals surface area contributed by atoms with Crippen molar-refractivity contribution in [2.75, 3.05) is 11.9 Å². The van der Waals surface area contributed by atoms with Crippen molar-refractivity contribution >= 4 is 46.3 Å². The second-order valence-corrected chi connectivity index (χ2v) is 7.65. The van der Waals surface area contributed by atoms with Gasteiger partial charge in [0.05, 0.1) is 9.80 Å². The first-order valence-corrected chi connectivity index (χ1v) is 9.93. The van der Waals surface area contributed by atoms with Crippen LogP contribution >= 0.6 is 22.9 Å². The molecule has 0 bridgehead atoms. The summed E-state index contributed by atoms with van der Waals surface area (Å²) in [4.78, 5) is 33.0. The van der Waals surface area contributed by atoms with Crippen molar-refractivity contribution in [2.45, 2.75) is 6.54 Å². The number of carboxylic acid groups (broad SMARTS) is 2. The summed E-state index contributed by atoms with van der Waals surface area (Å²) in [7, 11) is 0. The molecule has 0 aliphatic carbocycles. The number of benzene rings is 2. The van der Waals surface area contributed by atoms with E-state index >= 15 is 0 Å². The molecular weight excluding hydrogens is 448 g/mol. The van der Waals surface area contributed by atoms with Crippen LogP contribution in [0, 0.1) is 10.1 Å². The number of halogens is 1. The van der Waals surface area contributed by atoms with E-state index in [1.54, 1.807) is 30.3 Å². The molecule has 0 unspecified atom stereocenters. The molecule has 1 heterocycles. The smallest absolute Gasteiger partial charge is 0.349 e. The van der Waals surface area contributed by atoms with Gasteiger partial charge < -0.3 is 20.3 Å². The van der Waals surface area contributed by atoms with Gasteiger partial charge in [-0.25, -0.2) is 9.59 Å². The zero-order valence-electron chi connectivity index (χ0n) is 15.7. The monoisotopic (exact) mass is 462 g/mol. The number of hydrogen-bond acceptors (Lipinski definition) is 7. The van der Waals surface area contributed by atoms with Gasteiger partial charge in [-0.1, -0.05) is 35.9 Å². The van der Waals surface area contributed by atoms with Crippen LogP contribution in [0.3, 0.4) is 0 Å². The molecule has 1 aromatic heterocycles. The van der Waals surface area contributed by atoms with E-state index in [0.29, 0.717) is 22.7 Å². The van der Waals surface area contributed by atoms with Gasteiger partial charge >= 0.3 is 11.9 Å². The van der Waals surface area contributed by atoms with Crippen LogP contribution in [0.4, 0.5) is 11.4 Å². The first-order chi connectivity index (χ1) is 14.8. The molecule has 160 valence electrons. The maximum Gasteiger partial charge on any atom is 0.349 e. The molecule has 3 rings (SSSR count). The predicted molar refractivity (Wildman–Crippen MR) is 115 cm³/mol. The van der Waals surface area contributed by atoms with E-state index < -0.39 is 23.5 Å². The standard InChI is InChI=1S/C20H15ClN2O7S/c21-16-17(30-10-15(24)25)19(20(26)27)31-18(16)12-4-1-3-11(7-12)9-22-13-5-2-6-14(8-13)23(28)29/h1-8,22H,9-10H2,(H,24,25)(H,26,27). The van der Waals surface area contributed by atoms with Gasteiger partial charge in [-0.2, -0.15) is 0 Å². The molecule has 0 atom stereocenters. The van der Waals surface area contributed by atoms with Crippen LogP contribution in [0.2, 0.25) is 5.02 Å². The molecule has 0 spiro atoms. The highest BCUT2D eigenvalue weighted by atomic mass is 35.5. The molecule has 0 saturated heterocycles. The van der Waals surface area contributed by atoms with Crippen LogP contribution < -0.4 is 10.1 Å². The van der Waals surface area contributed by atoms with Crippen LogP contribution in [0.25, 0.3) is 10.4 Å². The molecule has 0 radical (unpaired) electrons. The molecule has 9 nitrogen and oxygen atoms in total. The molecule has 0 fully saturated rings. The van der Waals surface area contributed by atoms with Gasteiger partial charge in [0, 0.05) is 24.4 Å². The van der Waals surface area contributed by atoms with E-state index in [0.717, 1.165) is 16.9 Å². The second kappa shape index (κ2) is 9.45. The first-order valence-electron chi connectivity index (χ1n) is 8.74. The minimum Gasteiger partial charge on any atom is -0.479 e.